The van der Waals surface area contributed by atoms with Crippen LogP contribution in [0.1, 0.15) is 31.2 Å². The number of rotatable bonds is 12. The maximum atomic E-state index is 11.5. The lowest BCUT2D eigenvalue weighted by molar-refractivity contribution is -0.667. The summed E-state index contributed by atoms with van der Waals surface area (Å²) in [5.41, 5.74) is 4.76. The van der Waals surface area contributed by atoms with Crippen LogP contribution in [-0.4, -0.2) is 44.0 Å². The normalized spacial score (nSPS) is 14.7. The minimum atomic E-state index is -4.40. The summed E-state index contributed by atoms with van der Waals surface area (Å²) in [6.07, 6.45) is 4.90. The van der Waals surface area contributed by atoms with Gasteiger partial charge in [0.1, 0.15) is 4.70 Å². The molecule has 1 aliphatic heterocycles. The maximum Gasteiger partial charge on any atom is 0.263 e. The molecular weight excluding hydrogens is 713 g/mol. The van der Waals surface area contributed by atoms with Gasteiger partial charge in [0.15, 0.2) is 12.3 Å². The van der Waals surface area contributed by atoms with Crippen LogP contribution in [-0.2, 0) is 26.8 Å². The predicted octanol–water partition coefficient (Wildman–Crippen LogP) is 7.63. The van der Waals surface area contributed by atoms with Crippen LogP contribution in [0.15, 0.2) is 102 Å². The van der Waals surface area contributed by atoms with E-state index in [1.54, 1.807) is 22.7 Å². The van der Waals surface area contributed by atoms with E-state index in [-0.39, 0.29) is 19.4 Å². The highest BCUT2D eigenvalue weighted by Crippen LogP contribution is 2.44. The molecule has 50 heavy (non-hydrogen) atoms. The zero-order valence-corrected chi connectivity index (χ0v) is 30.3. The third kappa shape index (κ3) is 7.34. The number of thiazole rings is 1. The van der Waals surface area contributed by atoms with E-state index in [4.69, 9.17) is 4.74 Å². The molecule has 0 saturated carbocycles. The smallest absolute Gasteiger partial charge is 0.263 e. The average molecular weight is 746 g/mol. The van der Waals surface area contributed by atoms with Gasteiger partial charge in [0.05, 0.1) is 31.3 Å². The molecule has 258 valence electrons. The van der Waals surface area contributed by atoms with Gasteiger partial charge in [-0.25, -0.2) is 16.8 Å². The van der Waals surface area contributed by atoms with E-state index in [2.05, 4.69) is 34.2 Å². The molecule has 2 aromatic heterocycles. The Morgan fingerprint density at radius 1 is 0.880 bits per heavy atom. The van der Waals surface area contributed by atoms with Crippen LogP contribution < -0.4 is 14.2 Å². The lowest BCUT2D eigenvalue weighted by Crippen LogP contribution is -2.36. The van der Waals surface area contributed by atoms with Crippen LogP contribution in [0, 0.1) is 0 Å². The van der Waals surface area contributed by atoms with Crippen molar-refractivity contribution in [3.05, 3.63) is 107 Å². The van der Waals surface area contributed by atoms with Crippen LogP contribution in [0.4, 0.5) is 5.69 Å². The Labute approximate surface area is 298 Å². The van der Waals surface area contributed by atoms with Crippen molar-refractivity contribution in [2.75, 3.05) is 23.0 Å². The molecule has 0 aliphatic carbocycles. The molecule has 4 aromatic carbocycles. The Balaban J connectivity index is 1.29. The number of aromatic nitrogens is 1. The first-order valence-electron chi connectivity index (χ1n) is 16.2. The first-order chi connectivity index (χ1) is 24.0. The Morgan fingerprint density at radius 3 is 2.40 bits per heavy atom. The fourth-order valence-corrected chi connectivity index (χ4v) is 9.49. The van der Waals surface area contributed by atoms with Crippen molar-refractivity contribution >= 4 is 85.7 Å². The number of aryl methyl sites for hydroxylation is 1. The molecule has 0 N–H and O–H groups in total. The molecule has 6 aromatic rings. The number of nitrogens with zero attached hydrogens (tertiary/aromatic N) is 2. The van der Waals surface area contributed by atoms with Crippen LogP contribution in [0.3, 0.4) is 0 Å². The number of thiophene rings is 1. The number of allylic oxidation sites excluding steroid dienone is 2. The second-order valence-electron chi connectivity index (χ2n) is 12.1. The largest absolute Gasteiger partial charge is 0.748 e. The SMILES string of the molecule is CCC(/C=C1\Oc2ccc(-c3csc4ccccc34)cc2N1CCCS(=O)(=O)[O-])=C\c1sc2ccc3ccccc3c2[n+]1CCCS(=O)(=O)[O-]. The van der Waals surface area contributed by atoms with E-state index in [0.29, 0.717) is 24.6 Å². The van der Waals surface area contributed by atoms with E-state index in [0.717, 1.165) is 53.8 Å². The fraction of sp³-hybridized carbons (Fsp3) is 0.216. The van der Waals surface area contributed by atoms with Crippen molar-refractivity contribution in [2.24, 2.45) is 0 Å². The van der Waals surface area contributed by atoms with Gasteiger partial charge < -0.3 is 18.7 Å². The molecule has 0 radical (unpaired) electrons. The summed E-state index contributed by atoms with van der Waals surface area (Å²) in [5.74, 6) is 0.187. The summed E-state index contributed by atoms with van der Waals surface area (Å²) in [6, 6.07) is 26.3. The summed E-state index contributed by atoms with van der Waals surface area (Å²) >= 11 is 3.25. The van der Waals surface area contributed by atoms with Crippen molar-refractivity contribution in [1.29, 1.82) is 0 Å². The second kappa shape index (κ2) is 13.9. The van der Waals surface area contributed by atoms with E-state index < -0.39 is 31.7 Å². The van der Waals surface area contributed by atoms with Crippen molar-refractivity contribution in [1.82, 2.24) is 0 Å². The highest BCUT2D eigenvalue weighted by molar-refractivity contribution is 7.85. The summed E-state index contributed by atoms with van der Waals surface area (Å²) in [5, 5.41) is 6.25. The second-order valence-corrected chi connectivity index (χ2v) is 17.1. The lowest BCUT2D eigenvalue weighted by atomic mass is 10.0. The van der Waals surface area contributed by atoms with Gasteiger partial charge in [0.2, 0.25) is 11.4 Å². The molecule has 7 rings (SSSR count). The molecule has 0 unspecified atom stereocenters. The van der Waals surface area contributed by atoms with Crippen LogP contribution in [0.25, 0.3) is 48.3 Å². The molecule has 0 amide bonds. The van der Waals surface area contributed by atoms with Gasteiger partial charge in [-0.2, -0.15) is 4.57 Å². The lowest BCUT2D eigenvalue weighted by Gasteiger charge is -2.19. The van der Waals surface area contributed by atoms with Crippen molar-refractivity contribution in [3.8, 4) is 16.9 Å². The third-order valence-electron chi connectivity index (χ3n) is 8.71. The first kappa shape index (κ1) is 34.3. The standard InChI is InChI=1S/C37H34N2O7S4/c1-2-25(22-36-39(18-8-20-50(43,44)45)37-28-10-4-3-9-26(28)14-16-34(37)48-36)21-35-38(17-7-19-49(40,41)42)31-23-27(13-15-32(31)46-35)30-24-47-33-12-6-5-11-29(30)33/h3-6,9-16,21-24H,2,7-8,17-20H2,1H3,(H-,40,41,42,43,44,45)/p-1. The molecule has 3 heterocycles. The molecule has 9 nitrogen and oxygen atoms in total. The van der Waals surface area contributed by atoms with E-state index in [1.165, 1.54) is 4.70 Å². The van der Waals surface area contributed by atoms with Crippen molar-refractivity contribution in [2.45, 2.75) is 32.7 Å². The number of ether oxygens (including phenoxy) is 1. The predicted molar refractivity (Wildman–Crippen MR) is 199 cm³/mol. The molecule has 0 fully saturated rings. The third-order valence-corrected chi connectivity index (χ3v) is 12.4. The monoisotopic (exact) mass is 745 g/mol. The highest BCUT2D eigenvalue weighted by Gasteiger charge is 2.28. The first-order valence-corrected chi connectivity index (χ1v) is 21.0. The van der Waals surface area contributed by atoms with E-state index >= 15 is 0 Å². The van der Waals surface area contributed by atoms with Gasteiger partial charge in [0, 0.05) is 52.3 Å². The van der Waals surface area contributed by atoms with Gasteiger partial charge in [0.25, 0.3) is 5.01 Å². The summed E-state index contributed by atoms with van der Waals surface area (Å²) in [4.78, 5) is 1.92. The topological polar surface area (TPSA) is 131 Å². The average Bonchev–Trinajstić information content (AvgIpc) is 3.76. The van der Waals surface area contributed by atoms with E-state index in [1.807, 2.05) is 78.6 Å². The van der Waals surface area contributed by atoms with Gasteiger partial charge in [-0.15, -0.1) is 11.3 Å². The molecule has 13 heteroatoms. The minimum absolute atomic E-state index is 0.120. The Morgan fingerprint density at radius 2 is 1.62 bits per heavy atom. The number of benzene rings is 4. The molecular formula is C37H33N2O7S4-. The van der Waals surface area contributed by atoms with Crippen LogP contribution in [0.5, 0.6) is 5.75 Å². The van der Waals surface area contributed by atoms with Gasteiger partial charge in [-0.05, 0) is 65.1 Å². The zero-order chi connectivity index (χ0) is 35.0. The molecule has 0 atom stereocenters. The molecule has 0 spiro atoms. The Kier molecular flexibility index (Phi) is 9.54. The Hall–Kier alpha value is -4.11. The van der Waals surface area contributed by atoms with Crippen LogP contribution in [0.2, 0.25) is 0 Å². The maximum absolute atomic E-state index is 11.5. The zero-order valence-electron chi connectivity index (χ0n) is 27.1. The summed E-state index contributed by atoms with van der Waals surface area (Å²) in [7, 11) is -8.77. The van der Waals surface area contributed by atoms with Crippen molar-refractivity contribution in [3.63, 3.8) is 0 Å². The van der Waals surface area contributed by atoms with Gasteiger partial charge >= 0.3 is 0 Å². The minimum Gasteiger partial charge on any atom is -0.748 e. The van der Waals surface area contributed by atoms with Crippen molar-refractivity contribution < 1.29 is 35.2 Å². The number of fused-ring (bicyclic) bond motifs is 5. The quantitative estimate of drug-likeness (QED) is 0.0924. The van der Waals surface area contributed by atoms with E-state index in [9.17, 15) is 25.9 Å². The summed E-state index contributed by atoms with van der Waals surface area (Å²) in [6.45, 7) is 2.62. The van der Waals surface area contributed by atoms with Gasteiger partial charge in [-0.1, -0.05) is 66.8 Å². The number of anilines is 1. The molecule has 0 saturated heterocycles. The number of hydrogen-bond acceptors (Lipinski definition) is 10. The highest BCUT2D eigenvalue weighted by atomic mass is 32.2. The number of hydrogen-bond donors (Lipinski definition) is 0. The molecule has 1 aliphatic rings. The summed E-state index contributed by atoms with van der Waals surface area (Å²) < 4.78 is 79.7. The van der Waals surface area contributed by atoms with Gasteiger partial charge in [-0.3, -0.25) is 0 Å². The molecule has 0 bridgehead atoms. The fourth-order valence-electron chi connectivity index (χ4n) is 6.37. The Bertz CT molecular complexity index is 2530. The van der Waals surface area contributed by atoms with Crippen LogP contribution >= 0.6 is 22.7 Å².